The van der Waals surface area contributed by atoms with Gasteiger partial charge in [0.2, 0.25) is 0 Å². The van der Waals surface area contributed by atoms with E-state index in [0.29, 0.717) is 17.1 Å². The summed E-state index contributed by atoms with van der Waals surface area (Å²) in [5.41, 5.74) is 2.83. The number of carbonyl (C=O) groups is 1. The lowest BCUT2D eigenvalue weighted by Gasteiger charge is -2.04. The molecule has 0 aliphatic carbocycles. The predicted octanol–water partition coefficient (Wildman–Crippen LogP) is 2.39. The highest BCUT2D eigenvalue weighted by molar-refractivity contribution is 7.09. The Kier molecular flexibility index (Phi) is 3.74. The maximum Gasteiger partial charge on any atom is 0.342 e. The SMILES string of the molecule is Cc1c(C(=O)OCc2cncs2)cnn1-c1ccccn1. The van der Waals surface area contributed by atoms with Gasteiger partial charge in [0.15, 0.2) is 5.82 Å². The zero-order chi connectivity index (χ0) is 14.7. The van der Waals surface area contributed by atoms with E-state index >= 15 is 0 Å². The van der Waals surface area contributed by atoms with E-state index in [4.69, 9.17) is 4.74 Å². The molecule has 0 aliphatic rings. The zero-order valence-electron chi connectivity index (χ0n) is 11.3. The average Bonchev–Trinajstić information content (AvgIpc) is 3.15. The molecule has 0 bridgehead atoms. The Labute approximate surface area is 125 Å². The fraction of sp³-hybridized carbons (Fsp3) is 0.143. The predicted molar refractivity (Wildman–Crippen MR) is 77.3 cm³/mol. The molecule has 7 heteroatoms. The van der Waals surface area contributed by atoms with Gasteiger partial charge in [-0.25, -0.2) is 14.5 Å². The number of pyridine rings is 1. The molecule has 106 valence electrons. The molecule has 6 nitrogen and oxygen atoms in total. The summed E-state index contributed by atoms with van der Waals surface area (Å²) in [5, 5.41) is 4.20. The van der Waals surface area contributed by atoms with Crippen LogP contribution in [0, 0.1) is 6.92 Å². The van der Waals surface area contributed by atoms with Crippen molar-refractivity contribution >= 4 is 17.3 Å². The van der Waals surface area contributed by atoms with Crippen LogP contribution in [-0.4, -0.2) is 25.7 Å². The minimum atomic E-state index is -0.400. The fourth-order valence-corrected chi connectivity index (χ4v) is 2.35. The van der Waals surface area contributed by atoms with Crippen LogP contribution in [0.25, 0.3) is 5.82 Å². The van der Waals surface area contributed by atoms with E-state index in [1.807, 2.05) is 25.1 Å². The van der Waals surface area contributed by atoms with Crippen molar-refractivity contribution < 1.29 is 9.53 Å². The summed E-state index contributed by atoms with van der Waals surface area (Å²) in [6.07, 6.45) is 4.86. The second-order valence-corrected chi connectivity index (χ2v) is 5.26. The monoisotopic (exact) mass is 300 g/mol. The van der Waals surface area contributed by atoms with Crippen molar-refractivity contribution in [2.75, 3.05) is 0 Å². The number of rotatable bonds is 4. The van der Waals surface area contributed by atoms with Crippen LogP contribution < -0.4 is 0 Å². The summed E-state index contributed by atoms with van der Waals surface area (Å²) >= 11 is 1.45. The summed E-state index contributed by atoms with van der Waals surface area (Å²) < 4.78 is 6.87. The van der Waals surface area contributed by atoms with Gasteiger partial charge in [-0.3, -0.25) is 4.98 Å². The second-order valence-electron chi connectivity index (χ2n) is 4.29. The molecular formula is C14H12N4O2S. The van der Waals surface area contributed by atoms with Crippen molar-refractivity contribution in [3.05, 3.63) is 58.4 Å². The van der Waals surface area contributed by atoms with Gasteiger partial charge in [-0.15, -0.1) is 11.3 Å². The quantitative estimate of drug-likeness (QED) is 0.692. The number of hydrogen-bond donors (Lipinski definition) is 0. The Morgan fingerprint density at radius 1 is 1.38 bits per heavy atom. The molecule has 0 fully saturated rings. The van der Waals surface area contributed by atoms with E-state index in [0.717, 1.165) is 4.88 Å². The van der Waals surface area contributed by atoms with Crippen molar-refractivity contribution in [1.29, 1.82) is 0 Å². The molecule has 3 heterocycles. The lowest BCUT2D eigenvalue weighted by atomic mass is 10.2. The summed E-state index contributed by atoms with van der Waals surface area (Å²) in [6, 6.07) is 5.52. The van der Waals surface area contributed by atoms with Gasteiger partial charge in [-0.1, -0.05) is 6.07 Å². The largest absolute Gasteiger partial charge is 0.456 e. The van der Waals surface area contributed by atoms with Crippen LogP contribution in [-0.2, 0) is 11.3 Å². The van der Waals surface area contributed by atoms with E-state index in [9.17, 15) is 4.79 Å². The molecule has 0 atom stereocenters. The molecule has 0 N–H and O–H groups in total. The molecule has 0 saturated carbocycles. The number of hydrogen-bond acceptors (Lipinski definition) is 6. The third-order valence-electron chi connectivity index (χ3n) is 2.92. The van der Waals surface area contributed by atoms with Crippen LogP contribution in [0.4, 0.5) is 0 Å². The molecule has 0 amide bonds. The smallest absolute Gasteiger partial charge is 0.342 e. The van der Waals surface area contributed by atoms with Crippen molar-refractivity contribution in [3.63, 3.8) is 0 Å². The van der Waals surface area contributed by atoms with Gasteiger partial charge in [0.05, 0.1) is 22.3 Å². The molecule has 3 aromatic rings. The maximum atomic E-state index is 12.1. The Hall–Kier alpha value is -2.54. The van der Waals surface area contributed by atoms with Crippen molar-refractivity contribution in [1.82, 2.24) is 19.7 Å². The molecule has 3 aromatic heterocycles. The highest BCUT2D eigenvalue weighted by atomic mass is 32.1. The molecular weight excluding hydrogens is 288 g/mol. The summed E-state index contributed by atoms with van der Waals surface area (Å²) in [6.45, 7) is 2.03. The van der Waals surface area contributed by atoms with Gasteiger partial charge in [0.25, 0.3) is 0 Å². The zero-order valence-corrected chi connectivity index (χ0v) is 12.1. The fourth-order valence-electron chi connectivity index (χ4n) is 1.85. The number of ether oxygens (including phenoxy) is 1. The minimum absolute atomic E-state index is 0.220. The highest BCUT2D eigenvalue weighted by Gasteiger charge is 2.17. The van der Waals surface area contributed by atoms with Gasteiger partial charge >= 0.3 is 5.97 Å². The van der Waals surface area contributed by atoms with E-state index in [-0.39, 0.29) is 6.61 Å². The highest BCUT2D eigenvalue weighted by Crippen LogP contribution is 2.15. The lowest BCUT2D eigenvalue weighted by Crippen LogP contribution is -2.07. The number of thiazole rings is 1. The molecule has 0 aliphatic heterocycles. The second kappa shape index (κ2) is 5.84. The van der Waals surface area contributed by atoms with E-state index < -0.39 is 5.97 Å². The van der Waals surface area contributed by atoms with Crippen molar-refractivity contribution in [2.24, 2.45) is 0 Å². The van der Waals surface area contributed by atoms with Gasteiger partial charge in [-0.2, -0.15) is 5.10 Å². The number of aromatic nitrogens is 4. The summed E-state index contributed by atoms with van der Waals surface area (Å²) in [5.74, 6) is 0.264. The molecule has 0 radical (unpaired) electrons. The Bertz CT molecular complexity index is 738. The molecule has 0 unspecified atom stereocenters. The van der Waals surface area contributed by atoms with Crippen molar-refractivity contribution in [3.8, 4) is 5.82 Å². The van der Waals surface area contributed by atoms with Crippen LogP contribution in [0.15, 0.2) is 42.3 Å². The molecule has 21 heavy (non-hydrogen) atoms. The molecule has 0 aromatic carbocycles. The van der Waals surface area contributed by atoms with E-state index in [1.54, 1.807) is 22.6 Å². The first-order valence-electron chi connectivity index (χ1n) is 6.26. The first-order chi connectivity index (χ1) is 10.3. The Morgan fingerprint density at radius 2 is 2.29 bits per heavy atom. The Morgan fingerprint density at radius 3 is 3.00 bits per heavy atom. The summed E-state index contributed by atoms with van der Waals surface area (Å²) in [4.78, 5) is 21.1. The van der Waals surface area contributed by atoms with E-state index in [1.165, 1.54) is 17.5 Å². The van der Waals surface area contributed by atoms with Gasteiger partial charge in [0.1, 0.15) is 12.2 Å². The summed E-state index contributed by atoms with van der Waals surface area (Å²) in [7, 11) is 0. The van der Waals surface area contributed by atoms with Crippen LogP contribution in [0.2, 0.25) is 0 Å². The van der Waals surface area contributed by atoms with Gasteiger partial charge in [-0.05, 0) is 19.1 Å². The number of nitrogens with zero attached hydrogens (tertiary/aromatic N) is 4. The third-order valence-corrected chi connectivity index (χ3v) is 3.68. The first kappa shape index (κ1) is 13.4. The Balaban J connectivity index is 1.77. The molecule has 0 saturated heterocycles. The topological polar surface area (TPSA) is 69.9 Å². The van der Waals surface area contributed by atoms with E-state index in [2.05, 4.69) is 15.1 Å². The van der Waals surface area contributed by atoms with Crippen molar-refractivity contribution in [2.45, 2.75) is 13.5 Å². The van der Waals surface area contributed by atoms with Crippen LogP contribution in [0.5, 0.6) is 0 Å². The maximum absolute atomic E-state index is 12.1. The normalized spacial score (nSPS) is 10.5. The minimum Gasteiger partial charge on any atom is -0.456 e. The lowest BCUT2D eigenvalue weighted by molar-refractivity contribution is 0.0475. The van der Waals surface area contributed by atoms with Crippen LogP contribution in [0.3, 0.4) is 0 Å². The third kappa shape index (κ3) is 2.82. The standard InChI is InChI=1S/C14H12N4O2S/c1-10-12(14(19)20-8-11-6-15-9-21-11)7-17-18(10)13-4-2-3-5-16-13/h2-7,9H,8H2,1H3. The average molecular weight is 300 g/mol. The molecule has 3 rings (SSSR count). The van der Waals surface area contributed by atoms with Crippen LogP contribution >= 0.6 is 11.3 Å². The van der Waals surface area contributed by atoms with Gasteiger partial charge < -0.3 is 4.74 Å². The number of carbonyl (C=O) groups excluding carboxylic acids is 1. The van der Waals surface area contributed by atoms with Gasteiger partial charge in [0, 0.05) is 12.4 Å². The van der Waals surface area contributed by atoms with Crippen LogP contribution in [0.1, 0.15) is 20.9 Å². The molecule has 0 spiro atoms. The first-order valence-corrected chi connectivity index (χ1v) is 7.14. The number of esters is 1.